The number of rotatable bonds is 3. The fourth-order valence-electron chi connectivity index (χ4n) is 3.40. The first-order valence-electron chi connectivity index (χ1n) is 9.10. The van der Waals surface area contributed by atoms with Crippen molar-refractivity contribution in [2.45, 2.75) is 12.6 Å². The molecule has 4 rings (SSSR count). The summed E-state index contributed by atoms with van der Waals surface area (Å²) in [6.07, 6.45) is -4.99. The summed E-state index contributed by atoms with van der Waals surface area (Å²) in [5, 5.41) is 2.34. The first kappa shape index (κ1) is 20.0. The Morgan fingerprint density at radius 3 is 2.53 bits per heavy atom. The Labute approximate surface area is 168 Å². The normalized spacial score (nSPS) is 18.5. The van der Waals surface area contributed by atoms with Crippen molar-refractivity contribution in [2.75, 3.05) is 30.0 Å². The van der Waals surface area contributed by atoms with Gasteiger partial charge in [-0.3, -0.25) is 9.59 Å². The Kier molecular flexibility index (Phi) is 5.00. The molecule has 2 aromatic rings. The maximum absolute atomic E-state index is 13.4. The van der Waals surface area contributed by atoms with Crippen molar-refractivity contribution < 1.29 is 36.6 Å². The van der Waals surface area contributed by atoms with Gasteiger partial charge in [0.25, 0.3) is 0 Å². The minimum atomic E-state index is -4.89. The maximum Gasteiger partial charge on any atom is 0.419 e. The first-order valence-corrected chi connectivity index (χ1v) is 9.10. The highest BCUT2D eigenvalue weighted by Gasteiger charge is 2.37. The lowest BCUT2D eigenvalue weighted by Gasteiger charge is -2.22. The van der Waals surface area contributed by atoms with Gasteiger partial charge in [-0.2, -0.15) is 13.2 Å². The molecule has 2 amide bonds. The highest BCUT2D eigenvalue weighted by atomic mass is 19.4. The molecule has 2 heterocycles. The molecule has 10 heteroatoms. The van der Waals surface area contributed by atoms with E-state index >= 15 is 0 Å². The molecule has 1 fully saturated rings. The number of halogens is 4. The summed E-state index contributed by atoms with van der Waals surface area (Å²) in [7, 11) is 0. The van der Waals surface area contributed by atoms with E-state index in [0.717, 1.165) is 6.07 Å². The van der Waals surface area contributed by atoms with Crippen LogP contribution in [0.4, 0.5) is 28.9 Å². The molecule has 1 atom stereocenters. The molecular weight excluding hydrogens is 408 g/mol. The smallest absolute Gasteiger partial charge is 0.419 e. The number of hydrogen-bond acceptors (Lipinski definition) is 4. The van der Waals surface area contributed by atoms with Crippen LogP contribution in [-0.2, 0) is 15.8 Å². The van der Waals surface area contributed by atoms with E-state index < -0.39 is 29.4 Å². The quantitative estimate of drug-likeness (QED) is 0.765. The van der Waals surface area contributed by atoms with E-state index in [2.05, 4.69) is 5.32 Å². The molecule has 6 nitrogen and oxygen atoms in total. The van der Waals surface area contributed by atoms with Crippen molar-refractivity contribution in [3.8, 4) is 11.5 Å². The van der Waals surface area contributed by atoms with Gasteiger partial charge in [0.1, 0.15) is 19.0 Å². The van der Waals surface area contributed by atoms with Crippen LogP contribution in [0.15, 0.2) is 36.4 Å². The van der Waals surface area contributed by atoms with Gasteiger partial charge < -0.3 is 19.7 Å². The van der Waals surface area contributed by atoms with Gasteiger partial charge in [0, 0.05) is 30.4 Å². The van der Waals surface area contributed by atoms with Gasteiger partial charge in [0.2, 0.25) is 11.8 Å². The average Bonchev–Trinajstić information content (AvgIpc) is 3.10. The molecular formula is C20H16F4N2O4. The van der Waals surface area contributed by atoms with Gasteiger partial charge in [-0.1, -0.05) is 0 Å². The SMILES string of the molecule is O=C(Nc1ccc(F)c(C(F)(F)F)c1)C1CC(=O)N(c2ccc3c(c2)OCCO3)C1. The van der Waals surface area contributed by atoms with Gasteiger partial charge in [-0.15, -0.1) is 0 Å². The lowest BCUT2D eigenvalue weighted by Crippen LogP contribution is -2.28. The Morgan fingerprint density at radius 1 is 1.07 bits per heavy atom. The van der Waals surface area contributed by atoms with Crippen LogP contribution >= 0.6 is 0 Å². The minimum absolute atomic E-state index is 0.0532. The first-order chi connectivity index (χ1) is 14.2. The number of anilines is 2. The van der Waals surface area contributed by atoms with E-state index in [9.17, 15) is 27.2 Å². The summed E-state index contributed by atoms with van der Waals surface area (Å²) >= 11 is 0. The van der Waals surface area contributed by atoms with Crippen LogP contribution in [0.5, 0.6) is 11.5 Å². The van der Waals surface area contributed by atoms with Crippen LogP contribution < -0.4 is 19.7 Å². The van der Waals surface area contributed by atoms with Gasteiger partial charge in [0.15, 0.2) is 11.5 Å². The molecule has 2 aromatic carbocycles. The molecule has 1 unspecified atom stereocenters. The molecule has 0 spiro atoms. The molecule has 30 heavy (non-hydrogen) atoms. The van der Waals surface area contributed by atoms with E-state index in [1.807, 2.05) is 0 Å². The lowest BCUT2D eigenvalue weighted by atomic mass is 10.1. The predicted octanol–water partition coefficient (Wildman–Crippen LogP) is 3.61. The number of alkyl halides is 3. The molecule has 1 N–H and O–H groups in total. The molecule has 1 saturated heterocycles. The molecule has 0 aliphatic carbocycles. The number of carbonyl (C=O) groups is 2. The Hall–Kier alpha value is -3.30. The van der Waals surface area contributed by atoms with Crippen molar-refractivity contribution in [2.24, 2.45) is 5.92 Å². The zero-order valence-electron chi connectivity index (χ0n) is 15.5. The lowest BCUT2D eigenvalue weighted by molar-refractivity contribution is -0.140. The topological polar surface area (TPSA) is 67.9 Å². The van der Waals surface area contributed by atoms with Crippen LogP contribution in [0.2, 0.25) is 0 Å². The zero-order chi connectivity index (χ0) is 21.5. The van der Waals surface area contributed by atoms with E-state index in [1.165, 1.54) is 4.90 Å². The van der Waals surface area contributed by atoms with E-state index in [-0.39, 0.29) is 24.6 Å². The molecule has 0 saturated carbocycles. The third-order valence-corrected chi connectivity index (χ3v) is 4.87. The van der Waals surface area contributed by atoms with E-state index in [0.29, 0.717) is 42.5 Å². The van der Waals surface area contributed by atoms with Crippen LogP contribution in [0.1, 0.15) is 12.0 Å². The van der Waals surface area contributed by atoms with E-state index in [1.54, 1.807) is 18.2 Å². The molecule has 158 valence electrons. The number of fused-ring (bicyclic) bond motifs is 1. The minimum Gasteiger partial charge on any atom is -0.486 e. The second-order valence-electron chi connectivity index (χ2n) is 6.91. The summed E-state index contributed by atoms with van der Waals surface area (Å²) in [5.74, 6) is -2.08. The highest BCUT2D eigenvalue weighted by Crippen LogP contribution is 2.36. The summed E-state index contributed by atoms with van der Waals surface area (Å²) in [6, 6.07) is 7.19. The summed E-state index contributed by atoms with van der Waals surface area (Å²) < 4.78 is 62.9. The number of carbonyl (C=O) groups excluding carboxylic acids is 2. The van der Waals surface area contributed by atoms with Crippen molar-refractivity contribution in [3.63, 3.8) is 0 Å². The average molecular weight is 424 g/mol. The Morgan fingerprint density at radius 2 is 1.80 bits per heavy atom. The Balaban J connectivity index is 1.47. The standard InChI is InChI=1S/C20H16F4N2O4/c21-15-3-1-12(8-14(15)20(22,23)24)25-19(28)11-7-18(27)26(10-11)13-2-4-16-17(9-13)30-6-5-29-16/h1-4,8-9,11H,5-7,10H2,(H,25,28). The number of nitrogens with one attached hydrogen (secondary N) is 1. The third-order valence-electron chi connectivity index (χ3n) is 4.87. The van der Waals surface area contributed by atoms with Gasteiger partial charge in [-0.05, 0) is 30.3 Å². The predicted molar refractivity (Wildman–Crippen MR) is 97.9 cm³/mol. The number of nitrogens with zero attached hydrogens (tertiary/aromatic N) is 1. The fraction of sp³-hybridized carbons (Fsp3) is 0.300. The second-order valence-corrected chi connectivity index (χ2v) is 6.91. The summed E-state index contributed by atoms with van der Waals surface area (Å²) in [5.41, 5.74) is -1.14. The van der Waals surface area contributed by atoms with Gasteiger partial charge >= 0.3 is 6.18 Å². The summed E-state index contributed by atoms with van der Waals surface area (Å²) in [4.78, 5) is 26.3. The molecule has 2 aliphatic heterocycles. The molecule has 0 radical (unpaired) electrons. The number of hydrogen-bond donors (Lipinski definition) is 1. The molecule has 0 aromatic heterocycles. The van der Waals surface area contributed by atoms with Gasteiger partial charge in [0.05, 0.1) is 11.5 Å². The third kappa shape index (κ3) is 3.89. The van der Waals surface area contributed by atoms with Crippen LogP contribution in [0, 0.1) is 11.7 Å². The monoisotopic (exact) mass is 424 g/mol. The van der Waals surface area contributed by atoms with Crippen LogP contribution in [0.3, 0.4) is 0 Å². The number of benzene rings is 2. The Bertz CT molecular complexity index is 1010. The van der Waals surface area contributed by atoms with Crippen LogP contribution in [-0.4, -0.2) is 31.6 Å². The second kappa shape index (κ2) is 7.51. The highest BCUT2D eigenvalue weighted by molar-refractivity contribution is 6.03. The van der Waals surface area contributed by atoms with Crippen molar-refractivity contribution in [1.82, 2.24) is 0 Å². The van der Waals surface area contributed by atoms with Gasteiger partial charge in [-0.25, -0.2) is 4.39 Å². The number of amides is 2. The molecule has 2 aliphatic rings. The van der Waals surface area contributed by atoms with E-state index in [4.69, 9.17) is 9.47 Å². The number of ether oxygens (including phenoxy) is 2. The van der Waals surface area contributed by atoms with Crippen molar-refractivity contribution in [1.29, 1.82) is 0 Å². The fourth-order valence-corrected chi connectivity index (χ4v) is 3.40. The zero-order valence-corrected chi connectivity index (χ0v) is 15.5. The maximum atomic E-state index is 13.4. The summed E-state index contributed by atoms with van der Waals surface area (Å²) in [6.45, 7) is 0.862. The largest absolute Gasteiger partial charge is 0.486 e. The van der Waals surface area contributed by atoms with Crippen LogP contribution in [0.25, 0.3) is 0 Å². The van der Waals surface area contributed by atoms with Crippen molar-refractivity contribution in [3.05, 3.63) is 47.8 Å². The van der Waals surface area contributed by atoms with Crippen molar-refractivity contribution >= 4 is 23.2 Å². The molecule has 0 bridgehead atoms.